The minimum absolute atomic E-state index is 0.000712. The van der Waals surface area contributed by atoms with Crippen molar-refractivity contribution in [3.8, 4) is 0 Å². The summed E-state index contributed by atoms with van der Waals surface area (Å²) in [4.78, 5) is 26.6. The third kappa shape index (κ3) is 6.03. The molecule has 1 aromatic rings. The van der Waals surface area contributed by atoms with Crippen LogP contribution in [0.25, 0.3) is 0 Å². The average molecular weight is 556 g/mol. The van der Waals surface area contributed by atoms with Crippen LogP contribution >= 0.6 is 27.5 Å². The van der Waals surface area contributed by atoms with Gasteiger partial charge in [-0.15, -0.1) is 0 Å². The lowest BCUT2D eigenvalue weighted by Gasteiger charge is -2.38. The fraction of sp³-hybridized carbons (Fsp3) is 0.538. The highest BCUT2D eigenvalue weighted by Crippen LogP contribution is 2.46. The smallest absolute Gasteiger partial charge is 0.306 e. The van der Waals surface area contributed by atoms with Crippen LogP contribution in [0.5, 0.6) is 0 Å². The molecule has 1 aliphatic heterocycles. The number of piperidine rings is 1. The molecule has 0 bridgehead atoms. The number of nitrogens with two attached hydrogens (primary N) is 1. The molecule has 1 fully saturated rings. The van der Waals surface area contributed by atoms with Crippen LogP contribution in [0.3, 0.4) is 0 Å². The first-order valence-corrected chi connectivity index (χ1v) is 13.0. The highest BCUT2D eigenvalue weighted by Gasteiger charge is 2.36. The summed E-state index contributed by atoms with van der Waals surface area (Å²) < 4.78 is 19.5. The summed E-state index contributed by atoms with van der Waals surface area (Å²) in [5, 5.41) is 0.653. The Labute approximate surface area is 214 Å². The maximum atomic E-state index is 13.9. The normalized spacial score (nSPS) is 20.6. The number of hydrogen-bond acceptors (Lipinski definition) is 4. The molecule has 8 heteroatoms. The van der Waals surface area contributed by atoms with E-state index in [-0.39, 0.29) is 41.9 Å². The predicted molar refractivity (Wildman–Crippen MR) is 136 cm³/mol. The van der Waals surface area contributed by atoms with E-state index in [1.165, 1.54) is 14.0 Å². The lowest BCUT2D eigenvalue weighted by Crippen LogP contribution is -2.43. The Kier molecular flexibility index (Phi) is 9.21. The molecule has 1 heterocycles. The fourth-order valence-electron chi connectivity index (χ4n) is 5.25. The van der Waals surface area contributed by atoms with Crippen molar-refractivity contribution in [1.29, 1.82) is 0 Å². The summed E-state index contributed by atoms with van der Waals surface area (Å²) in [5.41, 5.74) is 10.5. The number of amides is 1. The van der Waals surface area contributed by atoms with Crippen molar-refractivity contribution in [3.63, 3.8) is 0 Å². The molecule has 0 aromatic heterocycles. The summed E-state index contributed by atoms with van der Waals surface area (Å²) in [6.45, 7) is 4.54. The highest BCUT2D eigenvalue weighted by atomic mass is 79.9. The van der Waals surface area contributed by atoms with Crippen LogP contribution in [0.15, 0.2) is 39.8 Å². The van der Waals surface area contributed by atoms with Crippen molar-refractivity contribution < 1.29 is 18.7 Å². The molecule has 0 saturated carbocycles. The minimum Gasteiger partial charge on any atom is -0.469 e. The number of rotatable bonds is 6. The molecule has 2 unspecified atom stereocenters. The molecule has 0 spiro atoms. The predicted octanol–water partition coefficient (Wildman–Crippen LogP) is 6.05. The standard InChI is InChI=1S/C26H33BrClFN2O3/c1-4-16(13-22(32)34-3)26(33)31-9-7-17(8-10-31)24-23-18(12-20(28)14-21(23)27)5-6-19(25(24)30)11-15(2)29/h11-12,14,16-17,24H,4-10,13,30H2,1-3H3/b15-11+. The first-order chi connectivity index (χ1) is 16.2. The first-order valence-electron chi connectivity index (χ1n) is 11.8. The van der Waals surface area contributed by atoms with Gasteiger partial charge in [-0.3, -0.25) is 9.59 Å². The van der Waals surface area contributed by atoms with Crippen LogP contribution in [-0.4, -0.2) is 37.0 Å². The van der Waals surface area contributed by atoms with Gasteiger partial charge in [-0.1, -0.05) is 34.5 Å². The van der Waals surface area contributed by atoms with Crippen molar-refractivity contribution in [1.82, 2.24) is 4.90 Å². The van der Waals surface area contributed by atoms with Crippen LogP contribution in [0, 0.1) is 11.8 Å². The van der Waals surface area contributed by atoms with Gasteiger partial charge in [0, 0.05) is 40.1 Å². The SMILES string of the molecule is CCC(CC(=O)OC)C(=O)N1CCC(C2C(N)=C(/C=C(\C)F)CCc3cc(Cl)cc(Br)c32)CC1. The maximum Gasteiger partial charge on any atom is 0.306 e. The number of halogens is 3. The van der Waals surface area contributed by atoms with Crippen molar-refractivity contribution in [2.45, 2.75) is 58.3 Å². The van der Waals surface area contributed by atoms with Crippen molar-refractivity contribution in [3.05, 3.63) is 55.9 Å². The van der Waals surface area contributed by atoms with Gasteiger partial charge in [-0.25, -0.2) is 4.39 Å². The molecular weight excluding hydrogens is 523 g/mol. The number of hydrogen-bond donors (Lipinski definition) is 1. The molecule has 186 valence electrons. The van der Waals surface area contributed by atoms with E-state index < -0.39 is 0 Å². The number of benzene rings is 1. The summed E-state index contributed by atoms with van der Waals surface area (Å²) in [7, 11) is 1.34. The van der Waals surface area contributed by atoms with E-state index in [1.807, 2.05) is 24.0 Å². The molecule has 1 amide bonds. The van der Waals surface area contributed by atoms with E-state index in [0.29, 0.717) is 36.7 Å². The largest absolute Gasteiger partial charge is 0.469 e. The summed E-state index contributed by atoms with van der Waals surface area (Å²) in [6.07, 6.45) is 5.15. The Bertz CT molecular complexity index is 998. The van der Waals surface area contributed by atoms with Gasteiger partial charge in [-0.2, -0.15) is 0 Å². The third-order valence-corrected chi connectivity index (χ3v) is 7.91. The summed E-state index contributed by atoms with van der Waals surface area (Å²) in [5.74, 6) is -0.896. The van der Waals surface area contributed by atoms with E-state index in [1.54, 1.807) is 6.08 Å². The Hall–Kier alpha value is -1.86. The molecule has 2 N–H and O–H groups in total. The second kappa shape index (κ2) is 11.7. The zero-order valence-corrected chi connectivity index (χ0v) is 22.3. The van der Waals surface area contributed by atoms with Crippen molar-refractivity contribution in [2.75, 3.05) is 20.2 Å². The molecule has 2 aliphatic rings. The van der Waals surface area contributed by atoms with Crippen molar-refractivity contribution in [2.24, 2.45) is 17.6 Å². The number of nitrogens with zero attached hydrogens (tertiary/aromatic N) is 1. The Morgan fingerprint density at radius 2 is 2.00 bits per heavy atom. The second-order valence-corrected chi connectivity index (χ2v) is 10.5. The number of aryl methyl sites for hydroxylation is 1. The number of ether oxygens (including phenoxy) is 1. The summed E-state index contributed by atoms with van der Waals surface area (Å²) in [6, 6.07) is 3.87. The van der Waals surface area contributed by atoms with E-state index >= 15 is 0 Å². The first kappa shape index (κ1) is 26.7. The zero-order chi connectivity index (χ0) is 25.0. The van der Waals surface area contributed by atoms with Crippen LogP contribution in [0.4, 0.5) is 4.39 Å². The molecule has 1 saturated heterocycles. The Morgan fingerprint density at radius 1 is 1.32 bits per heavy atom. The number of likely N-dealkylation sites (tertiary alicyclic amines) is 1. The van der Waals surface area contributed by atoms with Gasteiger partial charge < -0.3 is 15.4 Å². The van der Waals surface area contributed by atoms with Gasteiger partial charge in [0.25, 0.3) is 0 Å². The quantitative estimate of drug-likeness (QED) is 0.434. The van der Waals surface area contributed by atoms with Gasteiger partial charge in [0.1, 0.15) is 0 Å². The van der Waals surface area contributed by atoms with Crippen LogP contribution in [-0.2, 0) is 20.7 Å². The number of fused-ring (bicyclic) bond motifs is 1. The molecular formula is C26H33BrClFN2O3. The number of esters is 1. The number of allylic oxidation sites excluding steroid dienone is 4. The molecule has 2 atom stereocenters. The topological polar surface area (TPSA) is 72.6 Å². The van der Waals surface area contributed by atoms with E-state index in [2.05, 4.69) is 15.9 Å². The van der Waals surface area contributed by atoms with Gasteiger partial charge in [0.2, 0.25) is 5.91 Å². The molecule has 34 heavy (non-hydrogen) atoms. The third-order valence-electron chi connectivity index (χ3n) is 7.04. The average Bonchev–Trinajstić information content (AvgIpc) is 2.93. The lowest BCUT2D eigenvalue weighted by molar-refractivity contribution is -0.147. The Balaban J connectivity index is 1.87. The lowest BCUT2D eigenvalue weighted by atomic mass is 9.76. The number of carbonyl (C=O) groups is 2. The van der Waals surface area contributed by atoms with Gasteiger partial charge in [0.15, 0.2) is 0 Å². The number of carbonyl (C=O) groups excluding carboxylic acids is 2. The van der Waals surface area contributed by atoms with Crippen molar-refractivity contribution >= 4 is 39.4 Å². The Morgan fingerprint density at radius 3 is 2.59 bits per heavy atom. The zero-order valence-electron chi connectivity index (χ0n) is 20.0. The van der Waals surface area contributed by atoms with Gasteiger partial charge >= 0.3 is 5.97 Å². The van der Waals surface area contributed by atoms with Crippen LogP contribution in [0.2, 0.25) is 5.02 Å². The molecule has 1 aliphatic carbocycles. The summed E-state index contributed by atoms with van der Waals surface area (Å²) >= 11 is 10.1. The molecule has 3 rings (SSSR count). The van der Waals surface area contributed by atoms with Crippen LogP contribution in [0.1, 0.15) is 63.0 Å². The van der Waals surface area contributed by atoms with E-state index in [9.17, 15) is 14.0 Å². The molecule has 1 aromatic carbocycles. The minimum atomic E-state index is -0.367. The molecule has 5 nitrogen and oxygen atoms in total. The maximum absolute atomic E-state index is 13.9. The molecule has 0 radical (unpaired) electrons. The monoisotopic (exact) mass is 554 g/mol. The van der Waals surface area contributed by atoms with Crippen LogP contribution < -0.4 is 5.73 Å². The number of methoxy groups -OCH3 is 1. The van der Waals surface area contributed by atoms with E-state index in [0.717, 1.165) is 40.4 Å². The highest BCUT2D eigenvalue weighted by molar-refractivity contribution is 9.10. The second-order valence-electron chi connectivity index (χ2n) is 9.20. The fourth-order valence-corrected chi connectivity index (χ4v) is 6.37. The van der Waals surface area contributed by atoms with Gasteiger partial charge in [-0.05, 0) is 79.9 Å². The van der Waals surface area contributed by atoms with E-state index in [4.69, 9.17) is 22.1 Å². The van der Waals surface area contributed by atoms with Gasteiger partial charge in [0.05, 0.1) is 19.4 Å².